The smallest absolute Gasteiger partial charge is 0.298 e. The van der Waals surface area contributed by atoms with E-state index in [4.69, 9.17) is 14.5 Å². The summed E-state index contributed by atoms with van der Waals surface area (Å²) in [5, 5.41) is 4.40. The zero-order valence-corrected chi connectivity index (χ0v) is 24.3. The van der Waals surface area contributed by atoms with Crippen molar-refractivity contribution in [3.8, 4) is 57.2 Å². The lowest BCUT2D eigenvalue weighted by Crippen LogP contribution is -1.97. The van der Waals surface area contributed by atoms with Gasteiger partial charge in [0, 0.05) is 41.7 Å². The van der Waals surface area contributed by atoms with Crippen LogP contribution in [0.3, 0.4) is 0 Å². The van der Waals surface area contributed by atoms with E-state index in [2.05, 4.69) is 82.5 Å². The second-order valence-corrected chi connectivity index (χ2v) is 10.3. The molecule has 0 atom stereocenters. The lowest BCUT2D eigenvalue weighted by molar-refractivity contribution is -0.121. The molecule has 0 spiro atoms. The van der Waals surface area contributed by atoms with Gasteiger partial charge in [-0.05, 0) is 50.9 Å². The number of benzene rings is 4. The molecule has 0 aliphatic rings. The predicted octanol–water partition coefficient (Wildman–Crippen LogP) is 7.65. The molecule has 0 saturated heterocycles. The molecule has 0 saturated carbocycles. The Bertz CT molecular complexity index is 2270. The molecule has 0 unspecified atom stereocenters. The van der Waals surface area contributed by atoms with E-state index in [1.54, 1.807) is 30.5 Å². The van der Waals surface area contributed by atoms with E-state index in [0.717, 1.165) is 38.2 Å². The minimum absolute atomic E-state index is 0.258. The molecule has 0 fully saturated rings. The van der Waals surface area contributed by atoms with Gasteiger partial charge in [-0.25, -0.2) is 4.98 Å². The molecule has 0 amide bonds. The van der Waals surface area contributed by atoms with Gasteiger partial charge in [0.15, 0.2) is 0 Å². The topological polar surface area (TPSA) is 91.3 Å². The molecule has 4 aromatic carbocycles. The fraction of sp³-hybridized carbons (Fsp3) is 0. The van der Waals surface area contributed by atoms with Gasteiger partial charge in [-0.3, -0.25) is 19.6 Å². The Morgan fingerprint density at radius 3 is 1.72 bits per heavy atom. The van der Waals surface area contributed by atoms with E-state index >= 15 is 0 Å². The minimum atomic E-state index is 0.258. The van der Waals surface area contributed by atoms with Crippen LogP contribution in [0.15, 0.2) is 128 Å². The van der Waals surface area contributed by atoms with Crippen molar-refractivity contribution in [3.05, 3.63) is 139 Å². The summed E-state index contributed by atoms with van der Waals surface area (Å²) in [6.45, 7) is 0.679. The first kappa shape index (κ1) is 28.1. The van der Waals surface area contributed by atoms with Crippen molar-refractivity contribution < 1.29 is 19.1 Å². The van der Waals surface area contributed by atoms with E-state index < -0.39 is 0 Å². The maximum atomic E-state index is 11.2. The Morgan fingerprint density at radius 1 is 0.522 bits per heavy atom. The second kappa shape index (κ2) is 12.5. The van der Waals surface area contributed by atoms with Crippen molar-refractivity contribution in [2.75, 3.05) is 0 Å². The van der Waals surface area contributed by atoms with E-state index in [-0.39, 0.29) is 5.75 Å². The maximum Gasteiger partial charge on any atom is 0.298 e. The Hall–Kier alpha value is -6.65. The van der Waals surface area contributed by atoms with Gasteiger partial charge in [0.25, 0.3) is 12.9 Å². The predicted molar refractivity (Wildman–Crippen MR) is 177 cm³/mol. The van der Waals surface area contributed by atoms with Gasteiger partial charge in [-0.1, -0.05) is 90.7 Å². The number of nitrogens with zero attached hydrogens (tertiary/aromatic N) is 3. The summed E-state index contributed by atoms with van der Waals surface area (Å²) >= 11 is 0. The highest BCUT2D eigenvalue weighted by atomic mass is 16.5. The normalized spacial score (nSPS) is 10.6. The van der Waals surface area contributed by atoms with Gasteiger partial charge in [-0.2, -0.15) is 0 Å². The molecule has 46 heavy (non-hydrogen) atoms. The van der Waals surface area contributed by atoms with Crippen LogP contribution in [-0.4, -0.2) is 27.9 Å². The molecular weight excluding hydrogens is 574 g/mol. The van der Waals surface area contributed by atoms with Crippen LogP contribution in [0.25, 0.3) is 55.4 Å². The van der Waals surface area contributed by atoms with Crippen LogP contribution in [0.4, 0.5) is 0 Å². The highest BCUT2D eigenvalue weighted by molar-refractivity contribution is 6.16. The molecule has 0 radical (unpaired) electrons. The highest BCUT2D eigenvalue weighted by Gasteiger charge is 2.15. The molecule has 3 heterocycles. The molecule has 0 N–H and O–H groups in total. The first-order valence-electron chi connectivity index (χ1n) is 14.4. The molecular formula is C39H23N3O4. The van der Waals surface area contributed by atoms with E-state index in [0.29, 0.717) is 41.5 Å². The molecule has 7 heteroatoms. The highest BCUT2D eigenvalue weighted by Crippen LogP contribution is 2.39. The van der Waals surface area contributed by atoms with Crippen molar-refractivity contribution in [3.63, 3.8) is 0 Å². The zero-order chi connectivity index (χ0) is 31.3. The second-order valence-electron chi connectivity index (χ2n) is 10.3. The lowest BCUT2D eigenvalue weighted by Gasteiger charge is -2.14. The van der Waals surface area contributed by atoms with Gasteiger partial charge < -0.3 is 9.47 Å². The van der Waals surface area contributed by atoms with Crippen molar-refractivity contribution in [1.82, 2.24) is 15.0 Å². The fourth-order valence-electron chi connectivity index (χ4n) is 5.53. The molecule has 7 rings (SSSR count). The summed E-state index contributed by atoms with van der Waals surface area (Å²) in [5.74, 6) is 7.39. The number of hydrogen-bond acceptors (Lipinski definition) is 7. The summed E-state index contributed by atoms with van der Waals surface area (Å²) in [7, 11) is 0. The number of rotatable bonds is 7. The van der Waals surface area contributed by atoms with E-state index in [1.807, 2.05) is 30.3 Å². The fourth-order valence-corrected chi connectivity index (χ4v) is 5.53. The van der Waals surface area contributed by atoms with Crippen molar-refractivity contribution in [2.24, 2.45) is 0 Å². The minimum Gasteiger partial charge on any atom is -0.429 e. The average Bonchev–Trinajstić information content (AvgIpc) is 3.11. The van der Waals surface area contributed by atoms with Crippen molar-refractivity contribution in [1.29, 1.82) is 0 Å². The van der Waals surface area contributed by atoms with Gasteiger partial charge in [0.1, 0.15) is 11.5 Å². The first-order chi connectivity index (χ1) is 22.7. The maximum absolute atomic E-state index is 11.2. The zero-order valence-electron chi connectivity index (χ0n) is 24.3. The SMILES string of the molecule is O=COc1ccnc(-c2cc(OC=O)cc(-c3cc(C#Cc4c5ccccc5c(-c5ccccc5)c5ccccc45)ccn3)n2)c1. The van der Waals surface area contributed by atoms with Crippen LogP contribution in [-0.2, 0) is 9.59 Å². The van der Waals surface area contributed by atoms with Crippen LogP contribution in [0, 0.1) is 11.8 Å². The van der Waals surface area contributed by atoms with Gasteiger partial charge in [0.2, 0.25) is 0 Å². The van der Waals surface area contributed by atoms with Crippen LogP contribution in [0.2, 0.25) is 0 Å². The Morgan fingerprint density at radius 2 is 1.07 bits per heavy atom. The van der Waals surface area contributed by atoms with E-state index in [9.17, 15) is 9.59 Å². The molecule has 0 aliphatic heterocycles. The quantitative estimate of drug-likeness (QED) is 0.106. The van der Waals surface area contributed by atoms with Gasteiger partial charge in [0.05, 0.1) is 22.8 Å². The third-order valence-corrected chi connectivity index (χ3v) is 7.51. The molecule has 3 aromatic heterocycles. The third kappa shape index (κ3) is 5.54. The van der Waals surface area contributed by atoms with Crippen molar-refractivity contribution >= 4 is 34.5 Å². The largest absolute Gasteiger partial charge is 0.429 e. The number of aromatic nitrogens is 3. The number of hydrogen-bond donors (Lipinski definition) is 0. The molecule has 7 nitrogen and oxygen atoms in total. The number of carbonyl (C=O) groups is 2. The number of carbonyl (C=O) groups excluding carboxylic acids is 2. The summed E-state index contributed by atoms with van der Waals surface area (Å²) in [4.78, 5) is 35.7. The van der Waals surface area contributed by atoms with Crippen LogP contribution in [0.5, 0.6) is 11.5 Å². The average molecular weight is 598 g/mol. The molecule has 218 valence electrons. The van der Waals surface area contributed by atoms with Crippen LogP contribution < -0.4 is 9.47 Å². The Balaban J connectivity index is 1.34. The monoisotopic (exact) mass is 597 g/mol. The molecule has 0 aliphatic carbocycles. The molecule has 0 bridgehead atoms. The number of ether oxygens (including phenoxy) is 2. The van der Waals surface area contributed by atoms with Gasteiger partial charge >= 0.3 is 0 Å². The first-order valence-corrected chi connectivity index (χ1v) is 14.4. The Labute approximate surface area is 264 Å². The standard InChI is InChI=1S/C39H23N3O4/c43-24-45-28-17-19-41-36(21-28)38-23-29(46-25-44)22-37(42-38)35-20-26(16-18-40-35)14-15-32-30-10-4-6-12-33(30)39(27-8-2-1-3-9-27)34-13-7-5-11-31(32)34/h1-13,16-25H. The number of fused-ring (bicyclic) bond motifs is 2. The summed E-state index contributed by atoms with van der Waals surface area (Å²) < 4.78 is 10.1. The van der Waals surface area contributed by atoms with E-state index in [1.165, 1.54) is 11.8 Å². The number of pyridine rings is 3. The van der Waals surface area contributed by atoms with Crippen LogP contribution in [0.1, 0.15) is 11.1 Å². The van der Waals surface area contributed by atoms with Gasteiger partial charge in [-0.15, -0.1) is 0 Å². The third-order valence-electron chi connectivity index (χ3n) is 7.51. The lowest BCUT2D eigenvalue weighted by atomic mass is 9.88. The molecule has 7 aromatic rings. The van der Waals surface area contributed by atoms with Crippen molar-refractivity contribution in [2.45, 2.75) is 0 Å². The summed E-state index contributed by atoms with van der Waals surface area (Å²) in [6.07, 6.45) is 3.16. The van der Waals surface area contributed by atoms with Crippen LogP contribution >= 0.6 is 0 Å². The summed E-state index contributed by atoms with van der Waals surface area (Å²) in [6, 6.07) is 37.1. The summed E-state index contributed by atoms with van der Waals surface area (Å²) in [5.41, 5.74) is 5.80. The Kier molecular flexibility index (Phi) is 7.66.